The van der Waals surface area contributed by atoms with Crippen LogP contribution in [0, 0.1) is 11.8 Å². The van der Waals surface area contributed by atoms with Gasteiger partial charge in [-0.05, 0) is 39.0 Å². The second-order valence-electron chi connectivity index (χ2n) is 10.2. The number of carbonyl (C=O) groups is 3. The number of amides is 2. The van der Waals surface area contributed by atoms with Crippen LogP contribution in [-0.4, -0.2) is 85.4 Å². The van der Waals surface area contributed by atoms with Crippen molar-refractivity contribution >= 4 is 45.5 Å². The van der Waals surface area contributed by atoms with Crippen molar-refractivity contribution in [2.24, 2.45) is 11.8 Å². The van der Waals surface area contributed by atoms with Crippen molar-refractivity contribution in [3.63, 3.8) is 0 Å². The number of thioether (sulfide) groups is 1. The first kappa shape index (κ1) is 29.2. The highest BCUT2D eigenvalue weighted by Gasteiger charge is 2.76. The fraction of sp³-hybridized carbons (Fsp3) is 0.741. The van der Waals surface area contributed by atoms with E-state index in [1.165, 1.54) is 0 Å². The third kappa shape index (κ3) is 5.04. The lowest BCUT2D eigenvalue weighted by Crippen LogP contribution is -2.59. The van der Waals surface area contributed by atoms with Crippen LogP contribution in [0.4, 0.5) is 0 Å². The Kier molecular flexibility index (Phi) is 10.1. The topological polar surface area (TPSA) is 87.1 Å². The minimum atomic E-state index is -0.750. The summed E-state index contributed by atoms with van der Waals surface area (Å²) in [7, 11) is 0. The number of esters is 1. The maximum absolute atomic E-state index is 14.3. The molecule has 2 amide bonds. The average Bonchev–Trinajstić information content (AvgIpc) is 3.44. The molecule has 36 heavy (non-hydrogen) atoms. The summed E-state index contributed by atoms with van der Waals surface area (Å²) in [4.78, 5) is 45.2. The van der Waals surface area contributed by atoms with Crippen LogP contribution in [0.15, 0.2) is 25.3 Å². The smallest absolute Gasteiger partial charge is 0.310 e. The maximum atomic E-state index is 14.3. The largest absolute Gasteiger partial charge is 0.465 e. The van der Waals surface area contributed by atoms with Crippen molar-refractivity contribution in [2.45, 2.75) is 92.2 Å². The molecule has 0 aromatic heterocycles. The molecule has 0 radical (unpaired) electrons. The molecule has 1 spiro atoms. The first-order chi connectivity index (χ1) is 17.2. The molecule has 3 aliphatic heterocycles. The number of likely N-dealkylation sites (tertiary alicyclic amines) is 1. The van der Waals surface area contributed by atoms with Crippen molar-refractivity contribution in [3.8, 4) is 0 Å². The van der Waals surface area contributed by atoms with Gasteiger partial charge < -0.3 is 19.6 Å². The lowest BCUT2D eigenvalue weighted by molar-refractivity contribution is -0.154. The predicted molar refractivity (Wildman–Crippen MR) is 147 cm³/mol. The summed E-state index contributed by atoms with van der Waals surface area (Å²) in [5.74, 6) is -1.96. The number of fused-ring (bicyclic) bond motifs is 1. The molecule has 0 aromatic carbocycles. The van der Waals surface area contributed by atoms with Crippen molar-refractivity contribution in [3.05, 3.63) is 25.3 Å². The lowest BCUT2D eigenvalue weighted by Gasteiger charge is -2.41. The predicted octanol–water partition coefficient (Wildman–Crippen LogP) is 3.93. The molecule has 3 rings (SSSR count). The van der Waals surface area contributed by atoms with Gasteiger partial charge in [0.05, 0.1) is 35.8 Å². The normalized spacial score (nSPS) is 32.2. The molecule has 2 bridgehead atoms. The number of hydrogen-bond donors (Lipinski definition) is 1. The number of hydrogen-bond acceptors (Lipinski definition) is 6. The number of allylic oxidation sites excluding steroid dienone is 1. The summed E-state index contributed by atoms with van der Waals surface area (Å²) in [6, 6.07) is -1.26. The fourth-order valence-corrected chi connectivity index (χ4v) is 9.86. The molecule has 0 aromatic rings. The number of unbranched alkanes of at least 4 members (excludes halogenated alkanes) is 1. The van der Waals surface area contributed by atoms with Gasteiger partial charge in [0.15, 0.2) is 0 Å². The number of carbonyl (C=O) groups excluding carboxylic acids is 3. The second kappa shape index (κ2) is 12.5. The van der Waals surface area contributed by atoms with Crippen LogP contribution in [0.3, 0.4) is 0 Å². The zero-order valence-corrected chi connectivity index (χ0v) is 24.1. The molecular formula is C27H41BrN2O5S. The van der Waals surface area contributed by atoms with Gasteiger partial charge in [0.2, 0.25) is 11.8 Å². The highest BCUT2D eigenvalue weighted by atomic mass is 79.9. The van der Waals surface area contributed by atoms with Gasteiger partial charge in [-0.2, -0.15) is 0 Å². The van der Waals surface area contributed by atoms with Crippen molar-refractivity contribution in [1.29, 1.82) is 0 Å². The third-order valence-corrected chi connectivity index (χ3v) is 11.2. The first-order valence-corrected chi connectivity index (χ1v) is 15.0. The van der Waals surface area contributed by atoms with Crippen LogP contribution in [0.1, 0.15) is 59.3 Å². The van der Waals surface area contributed by atoms with E-state index in [2.05, 4.69) is 36.0 Å². The Morgan fingerprint density at radius 3 is 2.67 bits per heavy atom. The van der Waals surface area contributed by atoms with Crippen LogP contribution < -0.4 is 0 Å². The van der Waals surface area contributed by atoms with E-state index < -0.39 is 28.7 Å². The molecule has 3 heterocycles. The summed E-state index contributed by atoms with van der Waals surface area (Å²) in [6.07, 6.45) is 7.83. The molecule has 1 N–H and O–H groups in total. The third-order valence-electron chi connectivity index (χ3n) is 7.95. The van der Waals surface area contributed by atoms with E-state index in [0.29, 0.717) is 25.8 Å². The molecule has 8 atom stereocenters. The Morgan fingerprint density at radius 1 is 1.36 bits per heavy atom. The molecule has 0 aliphatic carbocycles. The summed E-state index contributed by atoms with van der Waals surface area (Å²) < 4.78 is 4.89. The van der Waals surface area contributed by atoms with Gasteiger partial charge in [0.1, 0.15) is 6.04 Å². The molecule has 9 heteroatoms. The van der Waals surface area contributed by atoms with Gasteiger partial charge in [-0.15, -0.1) is 24.9 Å². The molecule has 3 saturated heterocycles. The fourth-order valence-electron chi connectivity index (χ4n) is 6.28. The number of aliphatic hydroxyl groups excluding tert-OH is 1. The number of aliphatic hydroxyl groups is 1. The van der Waals surface area contributed by atoms with Crippen LogP contribution in [0.25, 0.3) is 0 Å². The molecule has 3 fully saturated rings. The van der Waals surface area contributed by atoms with E-state index >= 15 is 0 Å². The minimum Gasteiger partial charge on any atom is -0.465 e. The van der Waals surface area contributed by atoms with Gasteiger partial charge in [-0.3, -0.25) is 14.4 Å². The zero-order valence-electron chi connectivity index (χ0n) is 21.7. The molecule has 3 aliphatic rings. The van der Waals surface area contributed by atoms with Gasteiger partial charge >= 0.3 is 5.97 Å². The van der Waals surface area contributed by atoms with Crippen LogP contribution in [-0.2, 0) is 19.1 Å². The van der Waals surface area contributed by atoms with Crippen molar-refractivity contribution < 1.29 is 24.2 Å². The second-order valence-corrected chi connectivity index (χ2v) is 12.9. The summed E-state index contributed by atoms with van der Waals surface area (Å²) in [5.41, 5.74) is 0. The number of nitrogens with zero attached hydrogens (tertiary/aromatic N) is 2. The molecular weight excluding hydrogens is 544 g/mol. The Hall–Kier alpha value is -1.32. The number of alkyl halides is 1. The van der Waals surface area contributed by atoms with Crippen LogP contribution in [0.5, 0.6) is 0 Å². The monoisotopic (exact) mass is 584 g/mol. The SMILES string of the molecule is C=CCCCOC(=O)[C@H]1[C@H]2C(=O)N([C@@H](CC)CO)C(C(=O)N(CC=C)C(C)CCC)C23CC(Br)[C@@H]1S3. The summed E-state index contributed by atoms with van der Waals surface area (Å²) >= 11 is 5.37. The Labute approximate surface area is 228 Å². The molecule has 7 nitrogen and oxygen atoms in total. The molecule has 4 unspecified atom stereocenters. The van der Waals surface area contributed by atoms with Gasteiger partial charge in [0, 0.05) is 22.7 Å². The molecule has 202 valence electrons. The summed E-state index contributed by atoms with van der Waals surface area (Å²) in [5, 5.41) is 10.1. The maximum Gasteiger partial charge on any atom is 0.310 e. The van der Waals surface area contributed by atoms with Gasteiger partial charge in [-0.25, -0.2) is 0 Å². The highest BCUT2D eigenvalue weighted by Crippen LogP contribution is 2.68. The number of rotatable bonds is 14. The van der Waals surface area contributed by atoms with Crippen LogP contribution in [0.2, 0.25) is 0 Å². The van der Waals surface area contributed by atoms with Crippen molar-refractivity contribution in [1.82, 2.24) is 9.80 Å². The number of halogens is 1. The van der Waals surface area contributed by atoms with E-state index in [1.807, 2.05) is 18.7 Å². The van der Waals surface area contributed by atoms with Gasteiger partial charge in [0.25, 0.3) is 0 Å². The molecule has 0 saturated carbocycles. The zero-order chi connectivity index (χ0) is 26.6. The number of ether oxygens (including phenoxy) is 1. The van der Waals surface area contributed by atoms with Crippen molar-refractivity contribution in [2.75, 3.05) is 19.8 Å². The van der Waals surface area contributed by atoms with Gasteiger partial charge in [-0.1, -0.05) is 48.4 Å². The standard InChI is InChI=1S/C27H41BrN2O5S/c1-6-10-11-14-35-26(34)20-21-24(32)30(18(9-4)16-31)23(27(21)15-19(28)22(20)36-27)25(33)29(13-8-3)17(5)12-7-2/h6,8,17-23,31H,1,3,7,9-16H2,2,4-5H3/t17?,18-,19?,20-,21-,22-,23?,27?/m0/s1. The minimum absolute atomic E-state index is 0.0114. The Bertz CT molecular complexity index is 852. The first-order valence-electron chi connectivity index (χ1n) is 13.2. The quantitative estimate of drug-likeness (QED) is 0.144. The van der Waals surface area contributed by atoms with E-state index in [4.69, 9.17) is 4.74 Å². The van der Waals surface area contributed by atoms with Crippen LogP contribution >= 0.6 is 27.7 Å². The highest BCUT2D eigenvalue weighted by molar-refractivity contribution is 9.09. The average molecular weight is 586 g/mol. The Balaban J connectivity index is 2.03. The lowest BCUT2D eigenvalue weighted by atomic mass is 9.71. The Morgan fingerprint density at radius 2 is 2.08 bits per heavy atom. The van der Waals surface area contributed by atoms with E-state index in [1.54, 1.807) is 28.8 Å². The summed E-state index contributed by atoms with van der Waals surface area (Å²) in [6.45, 7) is 14.0. The van der Waals surface area contributed by atoms with E-state index in [-0.39, 0.29) is 47.1 Å². The van der Waals surface area contributed by atoms with E-state index in [0.717, 1.165) is 19.3 Å². The van der Waals surface area contributed by atoms with E-state index in [9.17, 15) is 19.5 Å².